The molecule has 0 saturated carbocycles. The van der Waals surface area contributed by atoms with Crippen LogP contribution in [0.3, 0.4) is 0 Å². The standard InChI is InChI=1S/C16H20N2O3/c1-9-10(2)21-11(3)15(9)16(18-17)12-4-5-13-14(8-12)20-7-6-19-13/h4-5,8,16,18H,6-7,17H2,1-3H3. The van der Waals surface area contributed by atoms with Crippen LogP contribution in [-0.4, -0.2) is 13.2 Å². The van der Waals surface area contributed by atoms with Gasteiger partial charge in [0.25, 0.3) is 0 Å². The lowest BCUT2D eigenvalue weighted by Crippen LogP contribution is -2.29. The number of hydrogen-bond donors (Lipinski definition) is 2. The molecule has 1 aromatic carbocycles. The van der Waals surface area contributed by atoms with Crippen molar-refractivity contribution in [3.05, 3.63) is 46.4 Å². The Morgan fingerprint density at radius 2 is 1.76 bits per heavy atom. The van der Waals surface area contributed by atoms with Crippen molar-refractivity contribution in [3.8, 4) is 11.5 Å². The molecule has 2 aromatic rings. The Hall–Kier alpha value is -1.98. The first-order valence-corrected chi connectivity index (χ1v) is 7.04. The molecule has 1 aromatic heterocycles. The van der Waals surface area contributed by atoms with Crippen molar-refractivity contribution >= 4 is 0 Å². The summed E-state index contributed by atoms with van der Waals surface area (Å²) in [4.78, 5) is 0. The molecule has 0 amide bonds. The number of hydrogen-bond acceptors (Lipinski definition) is 5. The summed E-state index contributed by atoms with van der Waals surface area (Å²) in [5, 5.41) is 0. The molecule has 0 aliphatic carbocycles. The Kier molecular flexibility index (Phi) is 3.61. The molecule has 0 radical (unpaired) electrons. The zero-order valence-corrected chi connectivity index (χ0v) is 12.5. The molecule has 1 aliphatic heterocycles. The lowest BCUT2D eigenvalue weighted by Gasteiger charge is -2.22. The lowest BCUT2D eigenvalue weighted by atomic mass is 9.95. The van der Waals surface area contributed by atoms with Crippen LogP contribution in [0.2, 0.25) is 0 Å². The maximum atomic E-state index is 5.80. The summed E-state index contributed by atoms with van der Waals surface area (Å²) in [7, 11) is 0. The summed E-state index contributed by atoms with van der Waals surface area (Å²) < 4.78 is 16.9. The van der Waals surface area contributed by atoms with Crippen molar-refractivity contribution < 1.29 is 13.9 Å². The van der Waals surface area contributed by atoms with E-state index in [-0.39, 0.29) is 6.04 Å². The smallest absolute Gasteiger partial charge is 0.161 e. The molecule has 0 fully saturated rings. The van der Waals surface area contributed by atoms with Gasteiger partial charge in [0, 0.05) is 5.56 Å². The fraction of sp³-hybridized carbons (Fsp3) is 0.375. The predicted molar refractivity (Wildman–Crippen MR) is 79.5 cm³/mol. The molecule has 3 rings (SSSR count). The fourth-order valence-corrected chi connectivity index (χ4v) is 2.82. The van der Waals surface area contributed by atoms with Gasteiger partial charge < -0.3 is 13.9 Å². The Balaban J connectivity index is 2.04. The average Bonchev–Trinajstić information content (AvgIpc) is 2.74. The maximum absolute atomic E-state index is 5.80. The number of benzene rings is 1. The van der Waals surface area contributed by atoms with Crippen LogP contribution in [0.25, 0.3) is 0 Å². The molecule has 0 saturated heterocycles. The minimum Gasteiger partial charge on any atom is -0.486 e. The number of ether oxygens (including phenoxy) is 2. The molecular weight excluding hydrogens is 268 g/mol. The number of rotatable bonds is 3. The normalized spacial score (nSPS) is 15.0. The van der Waals surface area contributed by atoms with Crippen molar-refractivity contribution in [3.63, 3.8) is 0 Å². The van der Waals surface area contributed by atoms with Gasteiger partial charge in [-0.1, -0.05) is 6.07 Å². The molecule has 0 bridgehead atoms. The third kappa shape index (κ3) is 2.39. The van der Waals surface area contributed by atoms with E-state index in [2.05, 4.69) is 5.43 Å². The van der Waals surface area contributed by atoms with Crippen LogP contribution < -0.4 is 20.7 Å². The zero-order chi connectivity index (χ0) is 15.0. The second kappa shape index (κ2) is 5.42. The summed E-state index contributed by atoms with van der Waals surface area (Å²) >= 11 is 0. The Bertz CT molecular complexity index is 664. The van der Waals surface area contributed by atoms with Crippen molar-refractivity contribution in [1.82, 2.24) is 5.43 Å². The molecular formula is C16H20N2O3. The Labute approximate surface area is 124 Å². The number of hydrazine groups is 1. The van der Waals surface area contributed by atoms with E-state index in [0.717, 1.165) is 39.7 Å². The van der Waals surface area contributed by atoms with E-state index in [4.69, 9.17) is 19.7 Å². The second-order valence-corrected chi connectivity index (χ2v) is 5.26. The molecule has 1 aliphatic rings. The van der Waals surface area contributed by atoms with Gasteiger partial charge in [-0.2, -0.15) is 0 Å². The van der Waals surface area contributed by atoms with E-state index in [1.807, 2.05) is 39.0 Å². The van der Waals surface area contributed by atoms with Gasteiger partial charge in [0.2, 0.25) is 0 Å². The summed E-state index contributed by atoms with van der Waals surface area (Å²) in [6.45, 7) is 7.12. The molecule has 0 spiro atoms. The SMILES string of the molecule is Cc1oc(C)c(C(NN)c2ccc3c(c2)OCCO3)c1C. The van der Waals surface area contributed by atoms with E-state index in [9.17, 15) is 0 Å². The van der Waals surface area contributed by atoms with Crippen LogP contribution in [0.1, 0.15) is 34.3 Å². The highest BCUT2D eigenvalue weighted by Crippen LogP contribution is 2.36. The van der Waals surface area contributed by atoms with Gasteiger partial charge in [0.05, 0.1) is 6.04 Å². The van der Waals surface area contributed by atoms with E-state index >= 15 is 0 Å². The van der Waals surface area contributed by atoms with E-state index in [1.54, 1.807) is 0 Å². The molecule has 5 heteroatoms. The van der Waals surface area contributed by atoms with Crippen molar-refractivity contribution in [1.29, 1.82) is 0 Å². The van der Waals surface area contributed by atoms with Gasteiger partial charge >= 0.3 is 0 Å². The molecule has 112 valence electrons. The summed E-state index contributed by atoms with van der Waals surface area (Å²) in [6.07, 6.45) is 0. The third-order valence-electron chi connectivity index (χ3n) is 3.97. The first-order valence-electron chi connectivity index (χ1n) is 7.04. The Morgan fingerprint density at radius 1 is 1.05 bits per heavy atom. The van der Waals surface area contributed by atoms with Crippen molar-refractivity contribution in [2.75, 3.05) is 13.2 Å². The van der Waals surface area contributed by atoms with Gasteiger partial charge in [0.15, 0.2) is 11.5 Å². The fourth-order valence-electron chi connectivity index (χ4n) is 2.82. The van der Waals surface area contributed by atoms with E-state index in [1.165, 1.54) is 0 Å². The average molecular weight is 288 g/mol. The van der Waals surface area contributed by atoms with Gasteiger partial charge in [-0.3, -0.25) is 5.84 Å². The monoisotopic (exact) mass is 288 g/mol. The second-order valence-electron chi connectivity index (χ2n) is 5.26. The number of aryl methyl sites for hydroxylation is 2. The molecule has 1 unspecified atom stereocenters. The highest BCUT2D eigenvalue weighted by molar-refractivity contribution is 5.48. The van der Waals surface area contributed by atoms with E-state index < -0.39 is 0 Å². The van der Waals surface area contributed by atoms with E-state index in [0.29, 0.717) is 13.2 Å². The van der Waals surface area contributed by atoms with Crippen LogP contribution in [0.5, 0.6) is 11.5 Å². The quantitative estimate of drug-likeness (QED) is 0.671. The van der Waals surface area contributed by atoms with Crippen LogP contribution in [-0.2, 0) is 0 Å². The number of nitrogens with two attached hydrogens (primary N) is 1. The Morgan fingerprint density at radius 3 is 2.38 bits per heavy atom. The lowest BCUT2D eigenvalue weighted by molar-refractivity contribution is 0.171. The molecule has 1 atom stereocenters. The summed E-state index contributed by atoms with van der Waals surface area (Å²) in [5.74, 6) is 9.13. The van der Waals surface area contributed by atoms with Crippen LogP contribution >= 0.6 is 0 Å². The number of nitrogens with one attached hydrogen (secondary N) is 1. The van der Waals surface area contributed by atoms with Crippen molar-refractivity contribution in [2.24, 2.45) is 5.84 Å². The van der Waals surface area contributed by atoms with Gasteiger partial charge in [0.1, 0.15) is 24.7 Å². The molecule has 3 N–H and O–H groups in total. The van der Waals surface area contributed by atoms with Gasteiger partial charge in [-0.05, 0) is 44.0 Å². The predicted octanol–water partition coefficient (Wildman–Crippen LogP) is 2.53. The minimum atomic E-state index is -0.140. The molecule has 5 nitrogen and oxygen atoms in total. The van der Waals surface area contributed by atoms with Crippen LogP contribution in [0.4, 0.5) is 0 Å². The zero-order valence-electron chi connectivity index (χ0n) is 12.5. The first-order chi connectivity index (χ1) is 10.1. The largest absolute Gasteiger partial charge is 0.486 e. The van der Waals surface area contributed by atoms with Gasteiger partial charge in [-0.15, -0.1) is 0 Å². The van der Waals surface area contributed by atoms with Crippen LogP contribution in [0, 0.1) is 20.8 Å². The third-order valence-corrected chi connectivity index (χ3v) is 3.97. The maximum Gasteiger partial charge on any atom is 0.161 e. The molecule has 21 heavy (non-hydrogen) atoms. The first kappa shape index (κ1) is 14.0. The minimum absolute atomic E-state index is 0.140. The summed E-state index contributed by atoms with van der Waals surface area (Å²) in [6, 6.07) is 5.75. The number of fused-ring (bicyclic) bond motifs is 1. The van der Waals surface area contributed by atoms with Crippen molar-refractivity contribution in [2.45, 2.75) is 26.8 Å². The topological polar surface area (TPSA) is 69.7 Å². The van der Waals surface area contributed by atoms with Crippen LogP contribution in [0.15, 0.2) is 22.6 Å². The number of furan rings is 1. The summed E-state index contributed by atoms with van der Waals surface area (Å²) in [5.41, 5.74) is 6.09. The highest BCUT2D eigenvalue weighted by atomic mass is 16.6. The van der Waals surface area contributed by atoms with Gasteiger partial charge in [-0.25, -0.2) is 5.43 Å². The molecule has 2 heterocycles. The highest BCUT2D eigenvalue weighted by Gasteiger charge is 2.23.